The summed E-state index contributed by atoms with van der Waals surface area (Å²) >= 11 is 0. The topological polar surface area (TPSA) is 70.9 Å². The molecule has 0 aliphatic carbocycles. The Morgan fingerprint density at radius 2 is 1.76 bits per heavy atom. The molecule has 0 radical (unpaired) electrons. The molecule has 0 bridgehead atoms. The van der Waals surface area contributed by atoms with E-state index in [2.05, 4.69) is 32.6 Å². The number of aromatic hydroxyl groups is 1. The fourth-order valence-corrected chi connectivity index (χ4v) is 2.75. The Bertz CT molecular complexity index is 1020. The van der Waals surface area contributed by atoms with Crippen molar-refractivity contribution in [1.82, 2.24) is 15.2 Å². The van der Waals surface area contributed by atoms with E-state index >= 15 is 0 Å². The zero-order valence-electron chi connectivity index (χ0n) is 13.4. The van der Waals surface area contributed by atoms with Gasteiger partial charge < -0.3 is 10.4 Å². The molecule has 5 heteroatoms. The molecule has 0 unspecified atom stereocenters. The largest absolute Gasteiger partial charge is 0.508 e. The number of benzene rings is 2. The van der Waals surface area contributed by atoms with E-state index in [4.69, 9.17) is 0 Å². The van der Waals surface area contributed by atoms with Crippen molar-refractivity contribution < 1.29 is 5.11 Å². The monoisotopic (exact) mass is 328 g/mol. The van der Waals surface area contributed by atoms with Gasteiger partial charge >= 0.3 is 0 Å². The molecule has 0 fully saturated rings. The Kier molecular flexibility index (Phi) is 3.96. The van der Waals surface area contributed by atoms with E-state index in [0.717, 1.165) is 16.5 Å². The third-order valence-electron chi connectivity index (χ3n) is 3.96. The molecule has 0 saturated carbocycles. The van der Waals surface area contributed by atoms with Gasteiger partial charge in [0.15, 0.2) is 5.82 Å². The molecule has 0 atom stereocenters. The first kappa shape index (κ1) is 15.1. The first-order valence-electron chi connectivity index (χ1n) is 8.00. The van der Waals surface area contributed by atoms with Crippen molar-refractivity contribution in [2.45, 2.75) is 6.54 Å². The number of rotatable bonds is 4. The van der Waals surface area contributed by atoms with Crippen molar-refractivity contribution in [3.05, 3.63) is 78.5 Å². The average Bonchev–Trinajstić information content (AvgIpc) is 2.67. The molecule has 4 aromatic rings. The lowest BCUT2D eigenvalue weighted by atomic mass is 10.1. The van der Waals surface area contributed by atoms with E-state index in [0.29, 0.717) is 18.1 Å². The zero-order chi connectivity index (χ0) is 17.1. The Morgan fingerprint density at radius 1 is 0.880 bits per heavy atom. The number of nitrogens with one attached hydrogen (secondary N) is 1. The van der Waals surface area contributed by atoms with Crippen molar-refractivity contribution >= 4 is 16.7 Å². The maximum atomic E-state index is 9.73. The van der Waals surface area contributed by atoms with E-state index in [1.54, 1.807) is 24.4 Å². The van der Waals surface area contributed by atoms with Crippen LogP contribution in [-0.2, 0) is 6.54 Å². The third kappa shape index (κ3) is 3.12. The van der Waals surface area contributed by atoms with Crippen molar-refractivity contribution in [2.75, 3.05) is 5.32 Å². The lowest BCUT2D eigenvalue weighted by Gasteiger charge is -2.10. The first-order valence-corrected chi connectivity index (χ1v) is 8.00. The van der Waals surface area contributed by atoms with E-state index in [1.165, 1.54) is 5.56 Å². The lowest BCUT2D eigenvalue weighted by molar-refractivity contribution is 0.475. The highest BCUT2D eigenvalue weighted by Gasteiger charge is 2.12. The number of aromatic nitrogens is 3. The second-order valence-electron chi connectivity index (χ2n) is 5.69. The summed E-state index contributed by atoms with van der Waals surface area (Å²) < 4.78 is 0. The average molecular weight is 328 g/mol. The molecule has 0 amide bonds. The Hall–Kier alpha value is -3.47. The van der Waals surface area contributed by atoms with Crippen LogP contribution in [0, 0.1) is 0 Å². The maximum Gasteiger partial charge on any atom is 0.158 e. The van der Waals surface area contributed by atoms with Crippen LogP contribution in [-0.4, -0.2) is 20.3 Å². The minimum absolute atomic E-state index is 0.190. The number of pyridine rings is 1. The van der Waals surface area contributed by atoms with Crippen LogP contribution < -0.4 is 5.32 Å². The van der Waals surface area contributed by atoms with Crippen LogP contribution in [0.2, 0.25) is 0 Å². The number of hydrogen-bond donors (Lipinski definition) is 2. The summed E-state index contributed by atoms with van der Waals surface area (Å²) in [5, 5.41) is 22.6. The van der Waals surface area contributed by atoms with E-state index in [9.17, 15) is 5.11 Å². The first-order chi connectivity index (χ1) is 12.3. The van der Waals surface area contributed by atoms with E-state index < -0.39 is 0 Å². The minimum atomic E-state index is 0.190. The molecule has 2 aromatic carbocycles. The van der Waals surface area contributed by atoms with Gasteiger partial charge in [0.05, 0.1) is 0 Å². The van der Waals surface area contributed by atoms with E-state index in [-0.39, 0.29) is 5.75 Å². The summed E-state index contributed by atoms with van der Waals surface area (Å²) in [4.78, 5) is 4.48. The minimum Gasteiger partial charge on any atom is -0.508 e. The molecule has 0 saturated heterocycles. The van der Waals surface area contributed by atoms with Gasteiger partial charge in [-0.25, -0.2) is 0 Å². The molecular formula is C20H16N4O. The second-order valence-corrected chi connectivity index (χ2v) is 5.69. The maximum absolute atomic E-state index is 9.73. The van der Waals surface area contributed by atoms with Crippen LogP contribution in [0.1, 0.15) is 5.56 Å². The van der Waals surface area contributed by atoms with Crippen LogP contribution in [0.3, 0.4) is 0 Å². The summed E-state index contributed by atoms with van der Waals surface area (Å²) in [5.41, 5.74) is 3.35. The molecule has 122 valence electrons. The van der Waals surface area contributed by atoms with Crippen LogP contribution in [0.25, 0.3) is 22.2 Å². The molecule has 0 aliphatic rings. The van der Waals surface area contributed by atoms with Gasteiger partial charge in [0.1, 0.15) is 17.0 Å². The number of anilines is 1. The summed E-state index contributed by atoms with van der Waals surface area (Å²) in [6, 6.07) is 20.9. The number of phenols is 1. The smallest absolute Gasteiger partial charge is 0.158 e. The summed E-state index contributed by atoms with van der Waals surface area (Å²) in [7, 11) is 0. The van der Waals surface area contributed by atoms with Gasteiger partial charge in [-0.15, -0.1) is 10.2 Å². The van der Waals surface area contributed by atoms with Crippen molar-refractivity contribution in [3.8, 4) is 17.0 Å². The Morgan fingerprint density at radius 3 is 2.60 bits per heavy atom. The quantitative estimate of drug-likeness (QED) is 0.592. The number of fused-ring (bicyclic) bond motifs is 1. The van der Waals surface area contributed by atoms with Crippen LogP contribution in [0.15, 0.2) is 72.9 Å². The van der Waals surface area contributed by atoms with Crippen molar-refractivity contribution in [1.29, 1.82) is 0 Å². The SMILES string of the molecule is Oc1cccc(-c2nnc(NCc3ccccc3)c3cccnc23)c1. The summed E-state index contributed by atoms with van der Waals surface area (Å²) in [5.74, 6) is 0.880. The highest BCUT2D eigenvalue weighted by Crippen LogP contribution is 2.29. The van der Waals surface area contributed by atoms with Gasteiger partial charge in [0.2, 0.25) is 0 Å². The Balaban J connectivity index is 1.74. The summed E-state index contributed by atoms with van der Waals surface area (Å²) in [6.45, 7) is 0.658. The molecule has 2 heterocycles. The van der Waals surface area contributed by atoms with Crippen molar-refractivity contribution in [3.63, 3.8) is 0 Å². The molecule has 25 heavy (non-hydrogen) atoms. The highest BCUT2D eigenvalue weighted by atomic mass is 16.3. The zero-order valence-corrected chi connectivity index (χ0v) is 13.4. The predicted octanol–water partition coefficient (Wildman–Crippen LogP) is 4.01. The summed E-state index contributed by atoms with van der Waals surface area (Å²) in [6.07, 6.45) is 1.73. The normalized spacial score (nSPS) is 10.7. The van der Waals surface area contributed by atoms with E-state index in [1.807, 2.05) is 36.4 Å². The fraction of sp³-hybridized carbons (Fsp3) is 0.0500. The molecule has 0 spiro atoms. The predicted molar refractivity (Wildman–Crippen MR) is 98.2 cm³/mol. The molecule has 0 aliphatic heterocycles. The van der Waals surface area contributed by atoms with Gasteiger partial charge in [-0.1, -0.05) is 42.5 Å². The van der Waals surface area contributed by atoms with Gasteiger partial charge in [-0.2, -0.15) is 0 Å². The molecule has 4 rings (SSSR count). The van der Waals surface area contributed by atoms with Crippen LogP contribution in [0.5, 0.6) is 5.75 Å². The molecule has 2 aromatic heterocycles. The molecule has 2 N–H and O–H groups in total. The van der Waals surface area contributed by atoms with Crippen LogP contribution >= 0.6 is 0 Å². The second kappa shape index (κ2) is 6.57. The van der Waals surface area contributed by atoms with Gasteiger partial charge in [-0.3, -0.25) is 4.98 Å². The van der Waals surface area contributed by atoms with Crippen molar-refractivity contribution in [2.24, 2.45) is 0 Å². The Labute approximate surface area is 145 Å². The standard InChI is InChI=1S/C20H16N4O/c25-16-9-4-8-15(12-16)18-19-17(10-5-11-21-19)20(24-23-18)22-13-14-6-2-1-3-7-14/h1-12,25H,13H2,(H,22,24). The fourth-order valence-electron chi connectivity index (χ4n) is 2.75. The highest BCUT2D eigenvalue weighted by molar-refractivity contribution is 5.97. The number of nitrogens with zero attached hydrogens (tertiary/aromatic N) is 3. The van der Waals surface area contributed by atoms with Gasteiger partial charge in [0, 0.05) is 23.7 Å². The lowest BCUT2D eigenvalue weighted by Crippen LogP contribution is -2.04. The molecule has 5 nitrogen and oxygen atoms in total. The van der Waals surface area contributed by atoms with Gasteiger partial charge in [-0.05, 0) is 29.8 Å². The van der Waals surface area contributed by atoms with Crippen LogP contribution in [0.4, 0.5) is 5.82 Å². The number of phenolic OH excluding ortho intramolecular Hbond substituents is 1. The molecular weight excluding hydrogens is 312 g/mol. The van der Waals surface area contributed by atoms with Gasteiger partial charge in [0.25, 0.3) is 0 Å². The number of hydrogen-bond acceptors (Lipinski definition) is 5. The third-order valence-corrected chi connectivity index (χ3v) is 3.96.